The molecule has 17 N–H and O–H groups in total. The SMILES string of the molecule is C[C@@H](O)[C@H](NC(=O)C1NC(=O)[C@H]([C@@H](C)O)NC(=O)C(CCCN)NC(=O)[C@@H](Cc2c[nH]c3ccccc23)NC(=O)C(Cc2ccc(O)cc2)NC(=O)C(NC(=O)[C@H](N)Cc2ccccc2)CSSC1(C)C)C(N)=O. The van der Waals surface area contributed by atoms with Crippen molar-refractivity contribution in [1.29, 1.82) is 0 Å². The zero-order valence-corrected chi connectivity index (χ0v) is 43.1. The Labute approximate surface area is 436 Å². The van der Waals surface area contributed by atoms with Gasteiger partial charge in [-0.05, 0) is 88.4 Å². The summed E-state index contributed by atoms with van der Waals surface area (Å²) in [5.41, 5.74) is 20.3. The molecule has 1 aliphatic rings. The smallest absolute Gasteiger partial charge is 0.245 e. The number of carbonyl (C=O) groups excluding carboxylic acids is 8. The number of H-pyrrole nitrogens is 1. The Balaban J connectivity index is 1.62. The topological polar surface area (TPSA) is 375 Å². The second kappa shape index (κ2) is 27.0. The average Bonchev–Trinajstić information content (AvgIpc) is 3.76. The molecule has 0 bridgehead atoms. The Bertz CT molecular complexity index is 2600. The number of primary amides is 1. The lowest BCUT2D eigenvalue weighted by atomic mass is 9.99. The maximum absolute atomic E-state index is 14.8. The van der Waals surface area contributed by atoms with Crippen molar-refractivity contribution in [2.45, 2.75) is 125 Å². The van der Waals surface area contributed by atoms with Gasteiger partial charge in [0.05, 0.1) is 18.2 Å². The van der Waals surface area contributed by atoms with Gasteiger partial charge in [0.25, 0.3) is 0 Å². The number of nitrogens with two attached hydrogens (primary N) is 3. The molecule has 22 nitrogen and oxygen atoms in total. The first kappa shape index (κ1) is 58.2. The number of aliphatic hydroxyl groups excluding tert-OH is 2. The first-order valence-electron chi connectivity index (χ1n) is 24.0. The molecule has 1 aromatic heterocycles. The van der Waals surface area contributed by atoms with E-state index in [1.165, 1.54) is 52.0 Å². The number of nitrogens with one attached hydrogen (secondary N) is 8. The number of aromatic amines is 1. The van der Waals surface area contributed by atoms with Gasteiger partial charge in [-0.2, -0.15) is 0 Å². The Hall–Kier alpha value is -6.70. The summed E-state index contributed by atoms with van der Waals surface area (Å²) in [5, 5.41) is 50.5. The number of hydrogen-bond acceptors (Lipinski definition) is 15. The maximum atomic E-state index is 14.8. The van der Waals surface area contributed by atoms with Gasteiger partial charge in [0.15, 0.2) is 0 Å². The van der Waals surface area contributed by atoms with Crippen LogP contribution in [0, 0.1) is 0 Å². The molecule has 3 aromatic carbocycles. The minimum Gasteiger partial charge on any atom is -0.508 e. The molecule has 0 aliphatic carbocycles. The number of phenolic OH excluding ortho intramolecular Hbond substituents is 1. The number of fused-ring (bicyclic) bond motifs is 1. The zero-order valence-electron chi connectivity index (χ0n) is 41.5. The van der Waals surface area contributed by atoms with Crippen LogP contribution in [0.4, 0.5) is 0 Å². The highest BCUT2D eigenvalue weighted by Crippen LogP contribution is 2.39. The fraction of sp³-hybridized carbons (Fsp3) is 0.440. The first-order valence-corrected chi connectivity index (χ1v) is 26.3. The van der Waals surface area contributed by atoms with Crippen LogP contribution in [-0.2, 0) is 57.6 Å². The standard InChI is InChI=1S/C50H67N11O11S2/c1-26(62)39(42(53)65)59-49(72)41-50(3,4)74-73-25-38(58-43(66)33(52)21-28-11-6-5-7-12-28)47(70)56-36(22-29-16-18-31(64)19-17-29)45(68)57-37(23-30-24-54-34-14-9-8-13-32(30)34)46(69)55-35(15-10-20-51)44(67)60-40(27(2)63)48(71)61-41/h5-9,11-14,16-19,24,26-27,33,35-41,54,62-64H,10,15,20-23,25,51-52H2,1-4H3,(H2,53,65)(H,55,69)(H,56,70)(H,57,68)(H,58,66)(H,59,72)(H,60,67)(H,61,71)/t26-,27-,33-,35?,36?,37-,38?,39+,40+,41?/m1/s1. The van der Waals surface area contributed by atoms with Crippen LogP contribution in [0.15, 0.2) is 85.1 Å². The molecule has 10 atom stereocenters. The van der Waals surface area contributed by atoms with Gasteiger partial charge < -0.3 is 74.7 Å². The van der Waals surface area contributed by atoms with Gasteiger partial charge in [-0.3, -0.25) is 38.4 Å². The molecule has 4 aromatic rings. The molecular formula is C50H67N11O11S2. The Morgan fingerprint density at radius 2 is 1.38 bits per heavy atom. The van der Waals surface area contributed by atoms with E-state index in [0.717, 1.165) is 38.1 Å². The molecule has 74 heavy (non-hydrogen) atoms. The fourth-order valence-electron chi connectivity index (χ4n) is 8.05. The van der Waals surface area contributed by atoms with Crippen molar-refractivity contribution < 1.29 is 53.7 Å². The van der Waals surface area contributed by atoms with Crippen LogP contribution < -0.4 is 54.4 Å². The lowest BCUT2D eigenvalue weighted by molar-refractivity contribution is -0.137. The lowest BCUT2D eigenvalue weighted by Gasteiger charge is -2.36. The van der Waals surface area contributed by atoms with Gasteiger partial charge in [0.2, 0.25) is 47.3 Å². The van der Waals surface area contributed by atoms with Crippen molar-refractivity contribution in [3.63, 3.8) is 0 Å². The Morgan fingerprint density at radius 1 is 0.770 bits per heavy atom. The molecule has 0 spiro atoms. The van der Waals surface area contributed by atoms with Gasteiger partial charge in [-0.15, -0.1) is 0 Å². The number of aromatic hydroxyl groups is 1. The summed E-state index contributed by atoms with van der Waals surface area (Å²) in [7, 11) is 1.94. The average molecular weight is 1060 g/mol. The Kier molecular flexibility index (Phi) is 21.2. The van der Waals surface area contributed by atoms with Crippen LogP contribution >= 0.6 is 21.6 Å². The number of hydrogen-bond donors (Lipinski definition) is 14. The quantitative estimate of drug-likeness (QED) is 0.0585. The monoisotopic (exact) mass is 1060 g/mol. The summed E-state index contributed by atoms with van der Waals surface area (Å²) in [6, 6.07) is 10.1. The zero-order chi connectivity index (χ0) is 54.3. The summed E-state index contributed by atoms with van der Waals surface area (Å²) in [6.07, 6.45) is -1.53. The highest BCUT2D eigenvalue weighted by atomic mass is 33.1. The van der Waals surface area contributed by atoms with Crippen LogP contribution in [-0.4, -0.2) is 145 Å². The van der Waals surface area contributed by atoms with E-state index in [2.05, 4.69) is 42.2 Å². The number of aliphatic hydroxyl groups is 2. The highest BCUT2D eigenvalue weighted by Gasteiger charge is 2.43. The third kappa shape index (κ3) is 16.4. The number of aromatic nitrogens is 1. The van der Waals surface area contributed by atoms with Crippen molar-refractivity contribution in [2.75, 3.05) is 12.3 Å². The van der Waals surface area contributed by atoms with Crippen molar-refractivity contribution >= 4 is 79.7 Å². The molecule has 4 unspecified atom stereocenters. The molecule has 0 saturated carbocycles. The maximum Gasteiger partial charge on any atom is 0.245 e. The third-order valence-corrected chi connectivity index (χ3v) is 15.5. The molecule has 0 radical (unpaired) electrons. The summed E-state index contributed by atoms with van der Waals surface area (Å²) in [4.78, 5) is 116. The molecule has 24 heteroatoms. The van der Waals surface area contributed by atoms with Crippen molar-refractivity contribution in [3.8, 4) is 5.75 Å². The van der Waals surface area contributed by atoms with Gasteiger partial charge >= 0.3 is 0 Å². The van der Waals surface area contributed by atoms with Crippen molar-refractivity contribution in [2.24, 2.45) is 17.2 Å². The van der Waals surface area contributed by atoms with E-state index in [0.29, 0.717) is 11.1 Å². The van der Waals surface area contributed by atoms with Crippen LogP contribution in [0.5, 0.6) is 5.75 Å². The van der Waals surface area contributed by atoms with Crippen LogP contribution in [0.1, 0.15) is 57.2 Å². The van der Waals surface area contributed by atoms with E-state index in [1.807, 2.05) is 18.2 Å². The number of rotatable bonds is 16. The minimum absolute atomic E-state index is 0.0658. The molecule has 5 rings (SSSR count). The minimum atomic E-state index is -1.76. The van der Waals surface area contributed by atoms with Gasteiger partial charge in [-0.1, -0.05) is 82.3 Å². The van der Waals surface area contributed by atoms with Gasteiger partial charge in [0, 0.05) is 40.4 Å². The number of benzene rings is 3. The molecule has 1 saturated heterocycles. The van der Waals surface area contributed by atoms with E-state index < -0.39 is 113 Å². The van der Waals surface area contributed by atoms with E-state index in [1.54, 1.807) is 42.6 Å². The number of phenols is 1. The van der Waals surface area contributed by atoms with Crippen LogP contribution in [0.25, 0.3) is 10.9 Å². The molecule has 1 aliphatic heterocycles. The van der Waals surface area contributed by atoms with Gasteiger partial charge in [0.1, 0.15) is 48.0 Å². The molecule has 1 fully saturated rings. The number of amides is 8. The third-order valence-electron chi connectivity index (χ3n) is 12.2. The fourth-order valence-corrected chi connectivity index (χ4v) is 10.9. The highest BCUT2D eigenvalue weighted by molar-refractivity contribution is 8.77. The summed E-state index contributed by atoms with van der Waals surface area (Å²) >= 11 is 0. The summed E-state index contributed by atoms with van der Waals surface area (Å²) in [5.74, 6) is -7.70. The van der Waals surface area contributed by atoms with Gasteiger partial charge in [-0.25, -0.2) is 0 Å². The predicted molar refractivity (Wildman–Crippen MR) is 280 cm³/mol. The second-order valence-electron chi connectivity index (χ2n) is 18.7. The second-order valence-corrected chi connectivity index (χ2v) is 21.7. The van der Waals surface area contributed by atoms with Crippen LogP contribution in [0.2, 0.25) is 0 Å². The molecular weight excluding hydrogens is 995 g/mol. The lowest BCUT2D eigenvalue weighted by Crippen LogP contribution is -2.65. The normalized spacial score (nSPS) is 23.1. The van der Waals surface area contributed by atoms with E-state index >= 15 is 0 Å². The van der Waals surface area contributed by atoms with E-state index in [9.17, 15) is 53.7 Å². The number of para-hydroxylation sites is 1. The first-order chi connectivity index (χ1) is 35.1. The van der Waals surface area contributed by atoms with Crippen molar-refractivity contribution in [3.05, 3.63) is 102 Å². The van der Waals surface area contributed by atoms with E-state index in [-0.39, 0.29) is 50.2 Å². The summed E-state index contributed by atoms with van der Waals surface area (Å²) < 4.78 is -1.42. The summed E-state index contributed by atoms with van der Waals surface area (Å²) in [6.45, 7) is 5.57. The van der Waals surface area contributed by atoms with Crippen molar-refractivity contribution in [1.82, 2.24) is 42.2 Å². The molecule has 400 valence electrons. The molecule has 2 heterocycles. The van der Waals surface area contributed by atoms with Crippen LogP contribution in [0.3, 0.4) is 0 Å². The molecule has 8 amide bonds. The predicted octanol–water partition coefficient (Wildman–Crippen LogP) is -1.22. The van der Waals surface area contributed by atoms with E-state index in [4.69, 9.17) is 17.2 Å². The largest absolute Gasteiger partial charge is 0.508 e. The number of carbonyl (C=O) groups is 8. The Morgan fingerprint density at radius 3 is 2.01 bits per heavy atom.